The van der Waals surface area contributed by atoms with Crippen molar-refractivity contribution in [1.82, 2.24) is 4.31 Å². The lowest BCUT2D eigenvalue weighted by Crippen LogP contribution is -2.63. The van der Waals surface area contributed by atoms with Crippen LogP contribution in [0.1, 0.15) is 19.3 Å². The van der Waals surface area contributed by atoms with Gasteiger partial charge in [-0.1, -0.05) is 42.8 Å². The van der Waals surface area contributed by atoms with Gasteiger partial charge in [0.25, 0.3) is 10.0 Å². The Bertz CT molecular complexity index is 1770. The number of hydrogen-bond acceptors (Lipinski definition) is 7. The number of sulfonamides is 2. The zero-order valence-corrected chi connectivity index (χ0v) is 26.0. The molecule has 0 aliphatic carbocycles. The summed E-state index contributed by atoms with van der Waals surface area (Å²) in [5.41, 5.74) is 0. The molecule has 0 spiro atoms. The van der Waals surface area contributed by atoms with Crippen molar-refractivity contribution in [3.05, 3.63) is 89.1 Å². The third-order valence-electron chi connectivity index (χ3n) is 6.44. The van der Waals surface area contributed by atoms with Crippen LogP contribution in [-0.2, 0) is 41.2 Å². The summed E-state index contributed by atoms with van der Waals surface area (Å²) in [5, 5.41) is -13.7. The molecule has 1 aliphatic heterocycles. The van der Waals surface area contributed by atoms with E-state index in [-0.39, 0.29) is 17.1 Å². The standard InChI is InChI=1S/C26H24F6N2O7S4/c27-24(28,26(31,32)44(37,38)34-18-8-3-9-19-34)25(29,30)43(35,36)33-45(39,40)41-20-14-16-23(17-15-20)42(21-10-4-1-5-11-21)22-12-6-2-7-13-22/h1-2,4-7,10-17H,3,8-9,18-19H2. The number of hydrogen-bond donors (Lipinski definition) is 0. The minimum Gasteiger partial charge on any atom is -0.396 e. The van der Waals surface area contributed by atoms with Crippen molar-refractivity contribution in [3.8, 4) is 5.75 Å². The van der Waals surface area contributed by atoms with Crippen molar-refractivity contribution in [2.24, 2.45) is 0 Å². The first-order valence-electron chi connectivity index (χ1n) is 12.8. The molecule has 1 saturated heterocycles. The highest BCUT2D eigenvalue weighted by molar-refractivity contribution is 8.11. The van der Waals surface area contributed by atoms with Crippen molar-refractivity contribution < 1.29 is 55.8 Å². The molecule has 9 nitrogen and oxygen atoms in total. The summed E-state index contributed by atoms with van der Waals surface area (Å²) in [6.45, 7) is -1.40. The van der Waals surface area contributed by atoms with E-state index in [2.05, 4.69) is 4.18 Å². The first kappa shape index (κ1) is 35.0. The number of halogens is 6. The Kier molecular flexibility index (Phi) is 9.92. The fraction of sp³-hybridized carbons (Fsp3) is 0.308. The van der Waals surface area contributed by atoms with Gasteiger partial charge in [-0.3, -0.25) is 0 Å². The fourth-order valence-corrected chi connectivity index (χ4v) is 10.1. The Morgan fingerprint density at radius 1 is 0.622 bits per heavy atom. The van der Waals surface area contributed by atoms with Crippen LogP contribution in [0.5, 0.6) is 5.75 Å². The molecule has 0 amide bonds. The molecule has 1 fully saturated rings. The maximum Gasteiger partial charge on any atom is 0.428 e. The summed E-state index contributed by atoms with van der Waals surface area (Å²) in [7, 11) is -20.7. The van der Waals surface area contributed by atoms with Crippen LogP contribution in [-0.4, -0.2) is 59.1 Å². The van der Waals surface area contributed by atoms with Gasteiger partial charge in [-0.15, -0.1) is 0 Å². The van der Waals surface area contributed by atoms with E-state index in [1.54, 1.807) is 40.5 Å². The van der Waals surface area contributed by atoms with Gasteiger partial charge in [0.1, 0.15) is 5.75 Å². The summed E-state index contributed by atoms with van der Waals surface area (Å²) in [5.74, 6) is -7.84. The van der Waals surface area contributed by atoms with Gasteiger partial charge < -0.3 is 8.31 Å². The van der Waals surface area contributed by atoms with Crippen LogP contribution in [0.2, 0.25) is 0 Å². The van der Waals surface area contributed by atoms with Crippen LogP contribution < -0.4 is 4.18 Å². The van der Waals surface area contributed by atoms with E-state index in [1.165, 1.54) is 12.1 Å². The molecule has 0 bridgehead atoms. The van der Waals surface area contributed by atoms with Crippen LogP contribution in [0.4, 0.5) is 26.3 Å². The van der Waals surface area contributed by atoms with Gasteiger partial charge in [-0.05, 0) is 61.4 Å². The van der Waals surface area contributed by atoms with Crippen LogP contribution in [0.3, 0.4) is 0 Å². The van der Waals surface area contributed by atoms with Crippen molar-refractivity contribution >= 4 is 41.2 Å². The van der Waals surface area contributed by atoms with Gasteiger partial charge in [-0.25, -0.2) is 25.3 Å². The van der Waals surface area contributed by atoms with Gasteiger partial charge in [-0.2, -0.15) is 30.6 Å². The van der Waals surface area contributed by atoms with E-state index in [0.29, 0.717) is 11.3 Å². The van der Waals surface area contributed by atoms with E-state index in [1.807, 2.05) is 24.3 Å². The lowest BCUT2D eigenvalue weighted by Gasteiger charge is -2.37. The quantitative estimate of drug-likeness (QED) is 0.172. The molecule has 246 valence electrons. The van der Waals surface area contributed by atoms with Crippen LogP contribution in [0.25, 0.3) is 4.13 Å². The maximum atomic E-state index is 14.6. The Balaban J connectivity index is 1.56. The highest BCUT2D eigenvalue weighted by Crippen LogP contribution is 2.53. The van der Waals surface area contributed by atoms with E-state index in [4.69, 9.17) is 0 Å². The molecular weight excluding hydrogens is 695 g/mol. The van der Waals surface area contributed by atoms with Gasteiger partial charge in [0, 0.05) is 13.1 Å². The van der Waals surface area contributed by atoms with Crippen LogP contribution in [0, 0.1) is 0 Å². The Morgan fingerprint density at radius 2 is 1.07 bits per heavy atom. The molecule has 0 aromatic heterocycles. The molecule has 0 radical (unpaired) electrons. The van der Waals surface area contributed by atoms with Gasteiger partial charge in [0.05, 0.1) is 10.9 Å². The third-order valence-corrected chi connectivity index (χ3v) is 13.4. The zero-order valence-electron chi connectivity index (χ0n) is 22.8. The highest BCUT2D eigenvalue weighted by atomic mass is 32.3. The van der Waals surface area contributed by atoms with Crippen molar-refractivity contribution in [2.45, 2.75) is 50.4 Å². The second kappa shape index (κ2) is 12.7. The van der Waals surface area contributed by atoms with E-state index < -0.39 is 76.5 Å². The summed E-state index contributed by atoms with van der Waals surface area (Å²) in [4.78, 5) is 2.31. The second-order valence-corrected chi connectivity index (χ2v) is 16.6. The predicted octanol–water partition coefficient (Wildman–Crippen LogP) is 5.75. The average Bonchev–Trinajstić information content (AvgIpc) is 2.98. The predicted molar refractivity (Wildman–Crippen MR) is 153 cm³/mol. The number of nitrogens with zero attached hydrogens (tertiary/aromatic N) is 2. The van der Waals surface area contributed by atoms with Gasteiger partial charge in [0.2, 0.25) is 10.3 Å². The lowest BCUT2D eigenvalue weighted by atomic mass is 10.2. The fourth-order valence-electron chi connectivity index (χ4n) is 4.22. The first-order chi connectivity index (χ1) is 20.8. The number of alkyl halides is 6. The third kappa shape index (κ3) is 6.83. The SMILES string of the molecule is O=S(=O)([N-]S(=O)(=O)C(F)(F)C(F)(F)C(F)(F)S(=O)(=O)N1CCCCC1)Oc1ccc([S+](c2ccccc2)c2ccccc2)cc1. The van der Waals surface area contributed by atoms with Gasteiger partial charge >= 0.3 is 16.4 Å². The summed E-state index contributed by atoms with van der Waals surface area (Å²) in [6, 6.07) is 22.9. The largest absolute Gasteiger partial charge is 0.428 e. The molecule has 3 aromatic rings. The molecule has 4 rings (SSSR count). The molecule has 45 heavy (non-hydrogen) atoms. The van der Waals surface area contributed by atoms with E-state index in [0.717, 1.165) is 21.9 Å². The second-order valence-electron chi connectivity index (χ2n) is 9.54. The molecule has 0 atom stereocenters. The maximum absolute atomic E-state index is 14.6. The minimum atomic E-state index is -7.40. The summed E-state index contributed by atoms with van der Waals surface area (Å²) < 4.78 is 167. The molecule has 0 N–H and O–H groups in total. The van der Waals surface area contributed by atoms with E-state index >= 15 is 0 Å². The average molecular weight is 719 g/mol. The Morgan fingerprint density at radius 3 is 1.53 bits per heavy atom. The van der Waals surface area contributed by atoms with Gasteiger partial charge in [0.15, 0.2) is 24.7 Å². The molecule has 3 aromatic carbocycles. The molecular formula is C26H24F6N2O7S4. The molecule has 0 saturated carbocycles. The monoisotopic (exact) mass is 718 g/mol. The number of rotatable bonds is 12. The van der Waals surface area contributed by atoms with E-state index in [9.17, 15) is 51.6 Å². The van der Waals surface area contributed by atoms with Crippen LogP contribution >= 0.6 is 0 Å². The zero-order chi connectivity index (χ0) is 33.3. The highest BCUT2D eigenvalue weighted by Gasteiger charge is 2.81. The van der Waals surface area contributed by atoms with Crippen molar-refractivity contribution in [3.63, 3.8) is 0 Å². The molecule has 19 heteroatoms. The summed E-state index contributed by atoms with van der Waals surface area (Å²) >= 11 is 0. The summed E-state index contributed by atoms with van der Waals surface area (Å²) in [6.07, 6.45) is 0.265. The molecule has 1 heterocycles. The van der Waals surface area contributed by atoms with Crippen LogP contribution in [0.15, 0.2) is 99.6 Å². The molecule has 0 unspecified atom stereocenters. The van der Waals surface area contributed by atoms with Crippen molar-refractivity contribution in [2.75, 3.05) is 13.1 Å². The number of piperidine rings is 1. The topological polar surface area (TPSA) is 129 Å². The smallest absolute Gasteiger partial charge is 0.396 e. The lowest BCUT2D eigenvalue weighted by molar-refractivity contribution is -0.244. The Labute approximate surface area is 258 Å². The Hall–Kier alpha value is -2.84. The molecule has 1 aliphatic rings. The minimum absolute atomic E-state index is 0.0406. The first-order valence-corrected chi connectivity index (χ1v) is 18.3. The normalized spacial score (nSPS) is 16.1. The van der Waals surface area contributed by atoms with Crippen molar-refractivity contribution in [1.29, 1.82) is 0 Å². The number of benzene rings is 3.